The minimum absolute atomic E-state index is 0.316. The van der Waals surface area contributed by atoms with Gasteiger partial charge in [0.25, 0.3) is 0 Å². The summed E-state index contributed by atoms with van der Waals surface area (Å²) in [5.74, 6) is 1.68. The third kappa shape index (κ3) is 4.68. The Balaban J connectivity index is 1.56. The van der Waals surface area contributed by atoms with Crippen LogP contribution in [-0.4, -0.2) is 22.4 Å². The van der Waals surface area contributed by atoms with Crippen LogP contribution in [0.5, 0.6) is 5.75 Å². The second-order valence-corrected chi connectivity index (χ2v) is 5.90. The number of halogens is 1. The van der Waals surface area contributed by atoms with Gasteiger partial charge in [-0.2, -0.15) is 4.98 Å². The van der Waals surface area contributed by atoms with Crippen molar-refractivity contribution in [3.8, 4) is 17.1 Å². The quantitative estimate of drug-likeness (QED) is 0.656. The molecule has 0 aliphatic heterocycles. The van der Waals surface area contributed by atoms with Crippen molar-refractivity contribution in [3.63, 3.8) is 0 Å². The summed E-state index contributed by atoms with van der Waals surface area (Å²) in [6, 6.07) is 14.7. The van der Waals surface area contributed by atoms with E-state index in [2.05, 4.69) is 20.8 Å². The van der Waals surface area contributed by atoms with E-state index in [0.717, 1.165) is 17.0 Å². The minimum atomic E-state index is 0.316. The molecule has 0 spiro atoms. The Morgan fingerprint density at radius 2 is 2.04 bits per heavy atom. The average Bonchev–Trinajstić information content (AvgIpc) is 3.10. The SMILES string of the molecule is COc1cccc(NC(=S)NCc2nc(-c3ccc(Cl)cc3)no2)c1. The van der Waals surface area contributed by atoms with Gasteiger partial charge in [-0.05, 0) is 48.6 Å². The summed E-state index contributed by atoms with van der Waals surface area (Å²) >= 11 is 11.1. The molecule has 0 unspecified atom stereocenters. The molecule has 6 nitrogen and oxygen atoms in total. The second-order valence-electron chi connectivity index (χ2n) is 5.06. The average molecular weight is 375 g/mol. The lowest BCUT2D eigenvalue weighted by atomic mass is 10.2. The molecular formula is C17H15ClN4O2S. The molecule has 25 heavy (non-hydrogen) atoms. The van der Waals surface area contributed by atoms with E-state index in [1.807, 2.05) is 36.4 Å². The van der Waals surface area contributed by atoms with Crippen LogP contribution >= 0.6 is 23.8 Å². The largest absolute Gasteiger partial charge is 0.497 e. The van der Waals surface area contributed by atoms with Crippen LogP contribution in [0.2, 0.25) is 5.02 Å². The number of aromatic nitrogens is 2. The molecule has 3 rings (SSSR count). The highest BCUT2D eigenvalue weighted by Crippen LogP contribution is 2.19. The first-order valence-corrected chi connectivity index (χ1v) is 8.20. The molecule has 8 heteroatoms. The summed E-state index contributed by atoms with van der Waals surface area (Å²) in [4.78, 5) is 4.33. The highest BCUT2D eigenvalue weighted by Gasteiger charge is 2.09. The number of anilines is 1. The van der Waals surface area contributed by atoms with Crippen molar-refractivity contribution in [1.29, 1.82) is 0 Å². The lowest BCUT2D eigenvalue weighted by Gasteiger charge is -2.09. The standard InChI is InChI=1S/C17H15ClN4O2S/c1-23-14-4-2-3-13(9-14)20-17(25)19-10-15-21-16(22-24-15)11-5-7-12(18)8-6-11/h2-9H,10H2,1H3,(H2,19,20,25). The molecule has 2 aromatic carbocycles. The molecule has 0 aliphatic rings. The number of hydrogen-bond donors (Lipinski definition) is 2. The van der Waals surface area contributed by atoms with Gasteiger partial charge in [0.1, 0.15) is 5.75 Å². The van der Waals surface area contributed by atoms with Gasteiger partial charge in [0.2, 0.25) is 11.7 Å². The topological polar surface area (TPSA) is 72.2 Å². The van der Waals surface area contributed by atoms with Crippen LogP contribution in [0.1, 0.15) is 5.89 Å². The molecule has 0 amide bonds. The number of nitrogens with one attached hydrogen (secondary N) is 2. The van der Waals surface area contributed by atoms with Gasteiger partial charge < -0.3 is 19.9 Å². The van der Waals surface area contributed by atoms with E-state index < -0.39 is 0 Å². The number of rotatable bonds is 5. The molecule has 1 heterocycles. The number of ether oxygens (including phenoxy) is 1. The van der Waals surface area contributed by atoms with E-state index >= 15 is 0 Å². The van der Waals surface area contributed by atoms with Gasteiger partial charge in [-0.1, -0.05) is 22.8 Å². The number of methoxy groups -OCH3 is 1. The Morgan fingerprint density at radius 1 is 1.24 bits per heavy atom. The molecule has 2 N–H and O–H groups in total. The first-order chi connectivity index (χ1) is 12.1. The Labute approximate surface area is 155 Å². The molecule has 0 radical (unpaired) electrons. The van der Waals surface area contributed by atoms with E-state index in [4.69, 9.17) is 33.1 Å². The third-order valence-corrected chi connectivity index (χ3v) is 3.80. The van der Waals surface area contributed by atoms with Gasteiger partial charge in [0.05, 0.1) is 13.7 Å². The normalized spacial score (nSPS) is 10.3. The van der Waals surface area contributed by atoms with Crippen LogP contribution < -0.4 is 15.4 Å². The van der Waals surface area contributed by atoms with E-state index in [1.165, 1.54) is 0 Å². The predicted molar refractivity (Wildman–Crippen MR) is 101 cm³/mol. The highest BCUT2D eigenvalue weighted by atomic mass is 35.5. The zero-order valence-corrected chi connectivity index (χ0v) is 14.9. The summed E-state index contributed by atoms with van der Waals surface area (Å²) in [6.07, 6.45) is 0. The fraction of sp³-hybridized carbons (Fsp3) is 0.118. The van der Waals surface area contributed by atoms with Crippen molar-refractivity contribution in [1.82, 2.24) is 15.5 Å². The molecular weight excluding hydrogens is 360 g/mol. The van der Waals surface area contributed by atoms with Crippen LogP contribution in [0.25, 0.3) is 11.4 Å². The Hall–Kier alpha value is -2.64. The van der Waals surface area contributed by atoms with Gasteiger partial charge >= 0.3 is 0 Å². The third-order valence-electron chi connectivity index (χ3n) is 3.30. The van der Waals surface area contributed by atoms with Crippen LogP contribution in [0.15, 0.2) is 53.1 Å². The molecule has 0 aliphatic carbocycles. The van der Waals surface area contributed by atoms with Gasteiger partial charge in [0, 0.05) is 22.3 Å². The maximum Gasteiger partial charge on any atom is 0.246 e. The minimum Gasteiger partial charge on any atom is -0.497 e. The van der Waals surface area contributed by atoms with E-state index in [-0.39, 0.29) is 0 Å². The van der Waals surface area contributed by atoms with Crippen LogP contribution in [0.3, 0.4) is 0 Å². The zero-order valence-electron chi connectivity index (χ0n) is 13.3. The van der Waals surface area contributed by atoms with Crippen LogP contribution in [-0.2, 0) is 6.54 Å². The summed E-state index contributed by atoms with van der Waals surface area (Å²) in [6.45, 7) is 0.316. The molecule has 0 fully saturated rings. The van der Waals surface area contributed by atoms with Gasteiger partial charge in [0.15, 0.2) is 5.11 Å². The summed E-state index contributed by atoms with van der Waals surface area (Å²) in [5.41, 5.74) is 1.65. The summed E-state index contributed by atoms with van der Waals surface area (Å²) < 4.78 is 10.4. The van der Waals surface area contributed by atoms with Crippen molar-refractivity contribution < 1.29 is 9.26 Å². The molecule has 3 aromatic rings. The van der Waals surface area contributed by atoms with E-state index in [0.29, 0.717) is 28.4 Å². The maximum absolute atomic E-state index is 5.87. The van der Waals surface area contributed by atoms with Crippen LogP contribution in [0, 0.1) is 0 Å². The van der Waals surface area contributed by atoms with Crippen LogP contribution in [0.4, 0.5) is 5.69 Å². The number of hydrogen-bond acceptors (Lipinski definition) is 5. The summed E-state index contributed by atoms with van der Waals surface area (Å²) in [5, 5.41) is 11.1. The lowest BCUT2D eigenvalue weighted by Crippen LogP contribution is -2.28. The summed E-state index contributed by atoms with van der Waals surface area (Å²) in [7, 11) is 1.61. The van der Waals surface area contributed by atoms with Gasteiger partial charge in [-0.25, -0.2) is 0 Å². The highest BCUT2D eigenvalue weighted by molar-refractivity contribution is 7.80. The van der Waals surface area contributed by atoms with Crippen molar-refractivity contribution in [2.45, 2.75) is 6.54 Å². The van der Waals surface area contributed by atoms with Crippen molar-refractivity contribution in [3.05, 3.63) is 59.4 Å². The second kappa shape index (κ2) is 7.96. The maximum atomic E-state index is 5.87. The van der Waals surface area contributed by atoms with Gasteiger partial charge in [-0.15, -0.1) is 0 Å². The number of nitrogens with zero attached hydrogens (tertiary/aromatic N) is 2. The Bertz CT molecular complexity index is 867. The Kier molecular flexibility index (Phi) is 5.47. The molecule has 0 saturated carbocycles. The molecule has 0 atom stereocenters. The zero-order chi connectivity index (χ0) is 17.6. The van der Waals surface area contributed by atoms with Crippen molar-refractivity contribution in [2.75, 3.05) is 12.4 Å². The first kappa shape index (κ1) is 17.2. The fourth-order valence-electron chi connectivity index (χ4n) is 2.07. The molecule has 128 valence electrons. The molecule has 1 aromatic heterocycles. The van der Waals surface area contributed by atoms with E-state index in [1.54, 1.807) is 19.2 Å². The van der Waals surface area contributed by atoms with E-state index in [9.17, 15) is 0 Å². The first-order valence-electron chi connectivity index (χ1n) is 7.41. The Morgan fingerprint density at radius 3 is 2.80 bits per heavy atom. The monoisotopic (exact) mass is 374 g/mol. The van der Waals surface area contributed by atoms with Crippen molar-refractivity contribution >= 4 is 34.6 Å². The van der Waals surface area contributed by atoms with Crippen molar-refractivity contribution in [2.24, 2.45) is 0 Å². The molecule has 0 bridgehead atoms. The fourth-order valence-corrected chi connectivity index (χ4v) is 2.39. The smallest absolute Gasteiger partial charge is 0.246 e. The predicted octanol–water partition coefficient (Wildman–Crippen LogP) is 3.89. The van der Waals surface area contributed by atoms with Gasteiger partial charge in [-0.3, -0.25) is 0 Å². The number of benzene rings is 2. The molecule has 0 saturated heterocycles. The lowest BCUT2D eigenvalue weighted by molar-refractivity contribution is 0.376. The number of thiocarbonyl (C=S) groups is 1.